The minimum Gasteiger partial charge on any atom is -0.379 e. The predicted octanol–water partition coefficient (Wildman–Crippen LogP) is 3.26. The first kappa shape index (κ1) is 23.0. The summed E-state index contributed by atoms with van der Waals surface area (Å²) in [5.41, 5.74) is 2.52. The van der Waals surface area contributed by atoms with E-state index in [1.54, 1.807) is 42.5 Å². The standard InChI is InChI=1S/C24H28ClN3O3/c1-18-3-7-20(8-4-18)23(29)27-22(17-19-5-9-21(25)10-6-19)24(30)26-11-2-12-28-13-15-31-16-14-28/h3-10,17H,2,11-16H2,1H3,(H,26,30)(H,27,29)/b22-17+. The van der Waals surface area contributed by atoms with E-state index in [2.05, 4.69) is 15.5 Å². The van der Waals surface area contributed by atoms with Crippen molar-refractivity contribution in [2.75, 3.05) is 39.4 Å². The summed E-state index contributed by atoms with van der Waals surface area (Å²) in [6.45, 7) is 6.73. The third-order valence-electron chi connectivity index (χ3n) is 5.03. The van der Waals surface area contributed by atoms with Crippen LogP contribution in [0.2, 0.25) is 5.02 Å². The van der Waals surface area contributed by atoms with E-state index in [4.69, 9.17) is 16.3 Å². The van der Waals surface area contributed by atoms with E-state index in [1.165, 1.54) is 0 Å². The van der Waals surface area contributed by atoms with Gasteiger partial charge in [0, 0.05) is 30.2 Å². The van der Waals surface area contributed by atoms with Crippen LogP contribution in [0.5, 0.6) is 0 Å². The lowest BCUT2D eigenvalue weighted by Crippen LogP contribution is -2.39. The number of carbonyl (C=O) groups is 2. The number of ether oxygens (including phenoxy) is 1. The Labute approximate surface area is 188 Å². The normalized spacial score (nSPS) is 14.8. The Morgan fingerprint density at radius 2 is 1.74 bits per heavy atom. The highest BCUT2D eigenvalue weighted by Gasteiger charge is 2.15. The molecular weight excluding hydrogens is 414 g/mol. The molecule has 2 aromatic rings. The van der Waals surface area contributed by atoms with Crippen molar-refractivity contribution in [1.82, 2.24) is 15.5 Å². The molecule has 1 aliphatic rings. The second-order valence-corrected chi connectivity index (χ2v) is 7.93. The van der Waals surface area contributed by atoms with Gasteiger partial charge in [-0.3, -0.25) is 14.5 Å². The van der Waals surface area contributed by atoms with Gasteiger partial charge in [-0.15, -0.1) is 0 Å². The second kappa shape index (κ2) is 11.6. The Morgan fingerprint density at radius 3 is 2.42 bits per heavy atom. The monoisotopic (exact) mass is 441 g/mol. The summed E-state index contributed by atoms with van der Waals surface area (Å²) in [5.74, 6) is -0.652. The zero-order chi connectivity index (χ0) is 22.1. The van der Waals surface area contributed by atoms with Gasteiger partial charge in [0.15, 0.2) is 0 Å². The van der Waals surface area contributed by atoms with E-state index < -0.39 is 0 Å². The van der Waals surface area contributed by atoms with Crippen LogP contribution in [0.3, 0.4) is 0 Å². The van der Waals surface area contributed by atoms with Crippen molar-refractivity contribution in [3.63, 3.8) is 0 Å². The van der Waals surface area contributed by atoms with Gasteiger partial charge >= 0.3 is 0 Å². The first-order valence-corrected chi connectivity index (χ1v) is 10.8. The molecule has 2 aromatic carbocycles. The molecule has 1 fully saturated rings. The number of hydrogen-bond acceptors (Lipinski definition) is 4. The fourth-order valence-electron chi connectivity index (χ4n) is 3.21. The van der Waals surface area contributed by atoms with E-state index in [1.807, 2.05) is 19.1 Å². The number of hydrogen-bond donors (Lipinski definition) is 2. The van der Waals surface area contributed by atoms with Crippen molar-refractivity contribution >= 4 is 29.5 Å². The molecule has 1 saturated heterocycles. The zero-order valence-electron chi connectivity index (χ0n) is 17.7. The average molecular weight is 442 g/mol. The zero-order valence-corrected chi connectivity index (χ0v) is 18.5. The summed E-state index contributed by atoms with van der Waals surface area (Å²) >= 11 is 5.95. The number of aryl methyl sites for hydroxylation is 1. The quantitative estimate of drug-likeness (QED) is 0.487. The van der Waals surface area contributed by atoms with E-state index in [0.717, 1.165) is 50.4 Å². The first-order valence-electron chi connectivity index (χ1n) is 10.4. The topological polar surface area (TPSA) is 70.7 Å². The van der Waals surface area contributed by atoms with Gasteiger partial charge in [-0.1, -0.05) is 41.4 Å². The average Bonchev–Trinajstić information content (AvgIpc) is 2.78. The number of amides is 2. The Morgan fingerprint density at radius 1 is 1.06 bits per heavy atom. The molecule has 0 saturated carbocycles. The molecule has 2 amide bonds. The summed E-state index contributed by atoms with van der Waals surface area (Å²) in [5, 5.41) is 6.28. The van der Waals surface area contributed by atoms with E-state index in [9.17, 15) is 9.59 Å². The third kappa shape index (κ3) is 7.51. The molecule has 1 aliphatic heterocycles. The second-order valence-electron chi connectivity index (χ2n) is 7.49. The number of halogens is 1. The highest BCUT2D eigenvalue weighted by Crippen LogP contribution is 2.13. The van der Waals surface area contributed by atoms with Crippen molar-refractivity contribution in [2.45, 2.75) is 13.3 Å². The Bertz CT molecular complexity index is 905. The van der Waals surface area contributed by atoms with Gasteiger partial charge in [-0.25, -0.2) is 0 Å². The highest BCUT2D eigenvalue weighted by atomic mass is 35.5. The van der Waals surface area contributed by atoms with Gasteiger partial charge in [0.2, 0.25) is 0 Å². The summed E-state index contributed by atoms with van der Waals surface area (Å²) < 4.78 is 5.35. The molecule has 0 spiro atoms. The predicted molar refractivity (Wildman–Crippen MR) is 123 cm³/mol. The van der Waals surface area contributed by atoms with Crippen molar-refractivity contribution < 1.29 is 14.3 Å². The van der Waals surface area contributed by atoms with Crippen LogP contribution in [0.15, 0.2) is 54.2 Å². The summed E-state index contributed by atoms with van der Waals surface area (Å²) in [6, 6.07) is 14.3. The Hall–Kier alpha value is -2.67. The Kier molecular flexibility index (Phi) is 8.64. The van der Waals surface area contributed by atoms with Crippen LogP contribution < -0.4 is 10.6 Å². The lowest BCUT2D eigenvalue weighted by Gasteiger charge is -2.26. The number of rotatable bonds is 8. The maximum atomic E-state index is 12.8. The van der Waals surface area contributed by atoms with Crippen LogP contribution >= 0.6 is 11.6 Å². The molecule has 2 N–H and O–H groups in total. The van der Waals surface area contributed by atoms with Crippen LogP contribution in [-0.4, -0.2) is 56.1 Å². The van der Waals surface area contributed by atoms with Gasteiger partial charge in [0.05, 0.1) is 13.2 Å². The molecular formula is C24H28ClN3O3. The van der Waals surface area contributed by atoms with Gasteiger partial charge in [-0.2, -0.15) is 0 Å². The van der Waals surface area contributed by atoms with Crippen molar-refractivity contribution in [1.29, 1.82) is 0 Å². The molecule has 7 heteroatoms. The fraction of sp³-hybridized carbons (Fsp3) is 0.333. The molecule has 0 atom stereocenters. The number of morpholine rings is 1. The number of nitrogens with zero attached hydrogens (tertiary/aromatic N) is 1. The largest absolute Gasteiger partial charge is 0.379 e. The summed E-state index contributed by atoms with van der Waals surface area (Å²) in [7, 11) is 0. The van der Waals surface area contributed by atoms with Crippen LogP contribution in [0, 0.1) is 6.92 Å². The van der Waals surface area contributed by atoms with Crippen LogP contribution in [0.25, 0.3) is 6.08 Å². The molecule has 31 heavy (non-hydrogen) atoms. The van der Waals surface area contributed by atoms with Crippen molar-refractivity contribution in [2.24, 2.45) is 0 Å². The summed E-state index contributed by atoms with van der Waals surface area (Å²) in [4.78, 5) is 27.8. The molecule has 1 heterocycles. The van der Waals surface area contributed by atoms with Crippen molar-refractivity contribution in [3.8, 4) is 0 Å². The van der Waals surface area contributed by atoms with Gasteiger partial charge in [-0.05, 0) is 55.8 Å². The lowest BCUT2D eigenvalue weighted by molar-refractivity contribution is -0.117. The highest BCUT2D eigenvalue weighted by molar-refractivity contribution is 6.30. The minimum absolute atomic E-state index is 0.194. The van der Waals surface area contributed by atoms with Gasteiger partial charge < -0.3 is 15.4 Å². The SMILES string of the molecule is Cc1ccc(C(=O)N/C(=C/c2ccc(Cl)cc2)C(=O)NCCCN2CCOCC2)cc1. The molecule has 0 unspecified atom stereocenters. The first-order chi connectivity index (χ1) is 15.0. The van der Waals surface area contributed by atoms with Gasteiger partial charge in [0.25, 0.3) is 11.8 Å². The minimum atomic E-state index is -0.330. The molecule has 6 nitrogen and oxygen atoms in total. The maximum Gasteiger partial charge on any atom is 0.267 e. The van der Waals surface area contributed by atoms with Gasteiger partial charge in [0.1, 0.15) is 5.70 Å². The molecule has 3 rings (SSSR count). The van der Waals surface area contributed by atoms with Crippen molar-refractivity contribution in [3.05, 3.63) is 75.9 Å². The van der Waals surface area contributed by atoms with E-state index in [0.29, 0.717) is 17.1 Å². The number of benzene rings is 2. The number of nitrogens with one attached hydrogen (secondary N) is 2. The van der Waals surface area contributed by atoms with Crippen LogP contribution in [-0.2, 0) is 9.53 Å². The molecule has 164 valence electrons. The number of carbonyl (C=O) groups excluding carboxylic acids is 2. The van der Waals surface area contributed by atoms with E-state index >= 15 is 0 Å². The lowest BCUT2D eigenvalue weighted by atomic mass is 10.1. The smallest absolute Gasteiger partial charge is 0.267 e. The Balaban J connectivity index is 1.64. The molecule has 0 radical (unpaired) electrons. The third-order valence-corrected chi connectivity index (χ3v) is 5.28. The molecule has 0 aromatic heterocycles. The van der Waals surface area contributed by atoms with Crippen LogP contribution in [0.1, 0.15) is 27.9 Å². The molecule has 0 aliphatic carbocycles. The fourth-order valence-corrected chi connectivity index (χ4v) is 3.33. The maximum absolute atomic E-state index is 12.8. The van der Waals surface area contributed by atoms with E-state index in [-0.39, 0.29) is 17.5 Å². The van der Waals surface area contributed by atoms with Crippen LogP contribution in [0.4, 0.5) is 0 Å². The summed E-state index contributed by atoms with van der Waals surface area (Å²) in [6.07, 6.45) is 2.48. The molecule has 0 bridgehead atoms.